The second-order valence-corrected chi connectivity index (χ2v) is 6.75. The van der Waals surface area contributed by atoms with Crippen molar-refractivity contribution in [2.24, 2.45) is 0 Å². The Kier molecular flexibility index (Phi) is 5.06. The number of halogens is 1. The van der Waals surface area contributed by atoms with Crippen LogP contribution in [0.5, 0.6) is 11.5 Å². The van der Waals surface area contributed by atoms with Gasteiger partial charge in [0.2, 0.25) is 0 Å². The third kappa shape index (κ3) is 3.38. The van der Waals surface area contributed by atoms with Crippen molar-refractivity contribution in [2.75, 3.05) is 19.1 Å². The second kappa shape index (κ2) is 7.25. The molecule has 2 aromatic rings. The number of amides is 1. The number of thioether (sulfide) groups is 1. The maximum atomic E-state index is 14.0. The van der Waals surface area contributed by atoms with Crippen LogP contribution in [0.4, 0.5) is 10.1 Å². The molecular formula is C18H14FNO3S2. The summed E-state index contributed by atoms with van der Waals surface area (Å²) in [6.07, 6.45) is 1.67. The molecule has 0 bridgehead atoms. The van der Waals surface area contributed by atoms with E-state index in [2.05, 4.69) is 0 Å². The molecule has 1 amide bonds. The first kappa shape index (κ1) is 17.4. The van der Waals surface area contributed by atoms with Crippen molar-refractivity contribution in [1.29, 1.82) is 0 Å². The van der Waals surface area contributed by atoms with E-state index in [1.165, 1.54) is 17.0 Å². The number of para-hydroxylation sites is 1. The van der Waals surface area contributed by atoms with Crippen LogP contribution in [0.3, 0.4) is 0 Å². The van der Waals surface area contributed by atoms with Crippen molar-refractivity contribution < 1.29 is 18.7 Å². The molecule has 3 rings (SSSR count). The molecule has 0 saturated carbocycles. The van der Waals surface area contributed by atoms with Crippen LogP contribution >= 0.6 is 24.0 Å². The maximum absolute atomic E-state index is 14.0. The van der Waals surface area contributed by atoms with Crippen LogP contribution in [-0.4, -0.2) is 24.4 Å². The van der Waals surface area contributed by atoms with Gasteiger partial charge >= 0.3 is 0 Å². The third-order valence-corrected chi connectivity index (χ3v) is 4.91. The first-order chi connectivity index (χ1) is 12.0. The molecule has 0 radical (unpaired) electrons. The molecule has 0 aliphatic carbocycles. The fourth-order valence-electron chi connectivity index (χ4n) is 2.40. The van der Waals surface area contributed by atoms with E-state index in [9.17, 15) is 9.18 Å². The Morgan fingerprint density at radius 1 is 1.16 bits per heavy atom. The van der Waals surface area contributed by atoms with Crippen LogP contribution in [0.1, 0.15) is 5.56 Å². The molecule has 1 fully saturated rings. The summed E-state index contributed by atoms with van der Waals surface area (Å²) >= 11 is 6.39. The normalized spacial score (nSPS) is 15.8. The van der Waals surface area contributed by atoms with Gasteiger partial charge in [0.25, 0.3) is 5.91 Å². The fraction of sp³-hybridized carbons (Fsp3) is 0.111. The standard InChI is InChI=1S/C18H14FNO3S2/c1-22-12-7-8-15(23-2)11(9-12)10-16-17(21)20(18(24)25-16)14-6-4-3-5-13(14)19/h3-10H,1-2H3/b16-10+. The molecule has 7 heteroatoms. The van der Waals surface area contributed by atoms with Crippen LogP contribution < -0.4 is 14.4 Å². The number of hydrogen-bond acceptors (Lipinski definition) is 5. The smallest absolute Gasteiger partial charge is 0.270 e. The Morgan fingerprint density at radius 2 is 1.92 bits per heavy atom. The highest BCUT2D eigenvalue weighted by atomic mass is 32.2. The number of methoxy groups -OCH3 is 2. The molecule has 128 valence electrons. The highest BCUT2D eigenvalue weighted by molar-refractivity contribution is 8.27. The van der Waals surface area contributed by atoms with Crippen LogP contribution in [0.2, 0.25) is 0 Å². The van der Waals surface area contributed by atoms with Gasteiger partial charge in [-0.2, -0.15) is 0 Å². The Bertz CT molecular complexity index is 882. The number of nitrogens with zero attached hydrogens (tertiary/aromatic N) is 1. The minimum absolute atomic E-state index is 0.144. The molecule has 1 aliphatic heterocycles. The van der Waals surface area contributed by atoms with Gasteiger partial charge < -0.3 is 9.47 Å². The molecule has 1 aliphatic rings. The average Bonchev–Trinajstić information content (AvgIpc) is 2.89. The molecule has 0 N–H and O–H groups in total. The number of anilines is 1. The molecule has 0 spiro atoms. The minimum atomic E-state index is -0.501. The number of benzene rings is 2. The molecule has 4 nitrogen and oxygen atoms in total. The molecule has 1 saturated heterocycles. The van der Waals surface area contributed by atoms with E-state index in [1.807, 2.05) is 0 Å². The van der Waals surface area contributed by atoms with E-state index in [-0.39, 0.29) is 15.9 Å². The van der Waals surface area contributed by atoms with E-state index in [1.54, 1.807) is 50.6 Å². The molecule has 2 aromatic carbocycles. The predicted molar refractivity (Wildman–Crippen MR) is 102 cm³/mol. The number of carbonyl (C=O) groups excluding carboxylic acids is 1. The van der Waals surface area contributed by atoms with Crippen molar-refractivity contribution in [1.82, 2.24) is 0 Å². The van der Waals surface area contributed by atoms with E-state index in [4.69, 9.17) is 21.7 Å². The molecule has 0 aromatic heterocycles. The van der Waals surface area contributed by atoms with Crippen molar-refractivity contribution in [3.63, 3.8) is 0 Å². The summed E-state index contributed by atoms with van der Waals surface area (Å²) in [6, 6.07) is 11.3. The fourth-order valence-corrected chi connectivity index (χ4v) is 3.68. The van der Waals surface area contributed by atoms with E-state index in [0.717, 1.165) is 11.8 Å². The second-order valence-electron chi connectivity index (χ2n) is 5.08. The lowest BCUT2D eigenvalue weighted by molar-refractivity contribution is -0.113. The Morgan fingerprint density at radius 3 is 2.60 bits per heavy atom. The van der Waals surface area contributed by atoms with Gasteiger partial charge in [-0.25, -0.2) is 4.39 Å². The summed E-state index contributed by atoms with van der Waals surface area (Å²) < 4.78 is 24.9. The van der Waals surface area contributed by atoms with Crippen LogP contribution in [0, 0.1) is 5.82 Å². The molecule has 0 unspecified atom stereocenters. The van der Waals surface area contributed by atoms with Gasteiger partial charge in [-0.3, -0.25) is 9.69 Å². The number of carbonyl (C=O) groups is 1. The third-order valence-electron chi connectivity index (χ3n) is 3.61. The monoisotopic (exact) mass is 375 g/mol. The van der Waals surface area contributed by atoms with Gasteiger partial charge in [0, 0.05) is 5.56 Å². The molecule has 25 heavy (non-hydrogen) atoms. The SMILES string of the molecule is COc1ccc(OC)c(/C=C2/SC(=S)N(c3ccccc3F)C2=O)c1. The van der Waals surface area contributed by atoms with E-state index >= 15 is 0 Å². The summed E-state index contributed by atoms with van der Waals surface area (Å²) in [7, 11) is 3.10. The summed E-state index contributed by atoms with van der Waals surface area (Å²) in [5.41, 5.74) is 0.821. The number of hydrogen-bond donors (Lipinski definition) is 0. The van der Waals surface area contributed by atoms with Crippen molar-refractivity contribution in [3.8, 4) is 11.5 Å². The molecule has 1 heterocycles. The van der Waals surface area contributed by atoms with Crippen LogP contribution in [-0.2, 0) is 4.79 Å². The highest BCUT2D eigenvalue weighted by Gasteiger charge is 2.34. The predicted octanol–water partition coefficient (Wildman–Crippen LogP) is 4.25. The summed E-state index contributed by atoms with van der Waals surface area (Å²) in [4.78, 5) is 14.3. The first-order valence-electron chi connectivity index (χ1n) is 7.29. The zero-order valence-corrected chi connectivity index (χ0v) is 15.1. The maximum Gasteiger partial charge on any atom is 0.270 e. The number of rotatable bonds is 4. The van der Waals surface area contributed by atoms with Crippen LogP contribution in [0.15, 0.2) is 47.4 Å². The zero-order valence-electron chi connectivity index (χ0n) is 13.5. The van der Waals surface area contributed by atoms with E-state index in [0.29, 0.717) is 22.0 Å². The van der Waals surface area contributed by atoms with Gasteiger partial charge in [-0.15, -0.1) is 0 Å². The lowest BCUT2D eigenvalue weighted by Crippen LogP contribution is -2.28. The minimum Gasteiger partial charge on any atom is -0.497 e. The average molecular weight is 375 g/mol. The van der Waals surface area contributed by atoms with E-state index < -0.39 is 5.82 Å². The Balaban J connectivity index is 2.00. The lowest BCUT2D eigenvalue weighted by Gasteiger charge is -2.15. The lowest BCUT2D eigenvalue weighted by atomic mass is 10.1. The molecular weight excluding hydrogens is 361 g/mol. The van der Waals surface area contributed by atoms with Gasteiger partial charge in [-0.1, -0.05) is 36.1 Å². The first-order valence-corrected chi connectivity index (χ1v) is 8.52. The molecule has 0 atom stereocenters. The highest BCUT2D eigenvalue weighted by Crippen LogP contribution is 2.38. The van der Waals surface area contributed by atoms with Gasteiger partial charge in [0.05, 0.1) is 24.8 Å². The van der Waals surface area contributed by atoms with Crippen molar-refractivity contribution in [3.05, 3.63) is 58.8 Å². The Labute approximate surface area is 154 Å². The van der Waals surface area contributed by atoms with Crippen LogP contribution in [0.25, 0.3) is 6.08 Å². The topological polar surface area (TPSA) is 38.8 Å². The number of thiocarbonyl (C=S) groups is 1. The summed E-state index contributed by atoms with van der Waals surface area (Å²) in [6.45, 7) is 0. The zero-order chi connectivity index (χ0) is 18.0. The van der Waals surface area contributed by atoms with Gasteiger partial charge in [-0.05, 0) is 36.4 Å². The van der Waals surface area contributed by atoms with Crippen molar-refractivity contribution in [2.45, 2.75) is 0 Å². The summed E-state index contributed by atoms with van der Waals surface area (Å²) in [5.74, 6) is 0.359. The summed E-state index contributed by atoms with van der Waals surface area (Å²) in [5, 5.41) is 0. The van der Waals surface area contributed by atoms with Gasteiger partial charge in [0.1, 0.15) is 17.3 Å². The van der Waals surface area contributed by atoms with Gasteiger partial charge in [0.15, 0.2) is 4.32 Å². The number of ether oxygens (including phenoxy) is 2. The van der Waals surface area contributed by atoms with Crippen molar-refractivity contribution >= 4 is 46.0 Å². The Hall–Kier alpha value is -2.38. The quantitative estimate of drug-likeness (QED) is 0.590. The largest absolute Gasteiger partial charge is 0.497 e.